The summed E-state index contributed by atoms with van der Waals surface area (Å²) in [6.07, 6.45) is -1.71. The highest BCUT2D eigenvalue weighted by atomic mass is 31.2. The van der Waals surface area contributed by atoms with E-state index in [0.717, 1.165) is 9.13 Å². The van der Waals surface area contributed by atoms with Gasteiger partial charge in [-0.25, -0.2) is 14.2 Å². The van der Waals surface area contributed by atoms with Crippen molar-refractivity contribution in [3.05, 3.63) is 77.3 Å². The summed E-state index contributed by atoms with van der Waals surface area (Å²) in [6, 6.07) is 0. The zero-order valence-electron chi connectivity index (χ0n) is 21.5. The van der Waals surface area contributed by atoms with E-state index in [-0.39, 0.29) is 30.6 Å². The van der Waals surface area contributed by atoms with Crippen LogP contribution in [0.2, 0.25) is 0 Å². The average molecular weight is 584 g/mol. The fraction of sp³-hybridized carbons (Fsp3) is 0.565. The number of aliphatic hydroxyl groups excluding tert-OH is 2. The first-order valence-electron chi connectivity index (χ1n) is 12.5. The predicted molar refractivity (Wildman–Crippen MR) is 135 cm³/mol. The van der Waals surface area contributed by atoms with Gasteiger partial charge in [0.1, 0.15) is 36.9 Å². The van der Waals surface area contributed by atoms with Gasteiger partial charge in [0, 0.05) is 36.4 Å². The Kier molecular flexibility index (Phi) is 7.96. The smallest absolute Gasteiger partial charge is 0.394 e. The first-order valence-corrected chi connectivity index (χ1v) is 14.0. The molecule has 16 nitrogen and oxygen atoms in total. The number of phosphoric ester groups is 1. The zero-order valence-corrected chi connectivity index (χ0v) is 22.4. The Morgan fingerprint density at radius 2 is 1.60 bits per heavy atom. The number of phosphoric acid groups is 1. The summed E-state index contributed by atoms with van der Waals surface area (Å²) in [5, 5.41) is 20.6. The van der Waals surface area contributed by atoms with Crippen molar-refractivity contribution < 1.29 is 37.8 Å². The van der Waals surface area contributed by atoms with Gasteiger partial charge in [-0.3, -0.25) is 42.3 Å². The van der Waals surface area contributed by atoms with Gasteiger partial charge < -0.3 is 19.7 Å². The third-order valence-electron chi connectivity index (χ3n) is 6.90. The molecule has 4 N–H and O–H groups in total. The van der Waals surface area contributed by atoms with E-state index < -0.39 is 79.9 Å². The topological polar surface area (TPSA) is 213 Å². The summed E-state index contributed by atoms with van der Waals surface area (Å²) in [5.74, 6) is 0. The van der Waals surface area contributed by atoms with E-state index in [4.69, 9.17) is 23.0 Å². The Bertz CT molecular complexity index is 1580. The van der Waals surface area contributed by atoms with Gasteiger partial charge in [0.05, 0.1) is 19.3 Å². The Balaban J connectivity index is 1.32. The SMILES string of the molecule is Cc1cn([C@H]2C[C@H](O)[C@@H](C3C=CCOP(=O)(O[C@H]4C[C@H](n5cc(C)c(=O)[nH]c5=O)O[C@@H]4CO)O3)O2)c(=O)[nH]c1=O. The van der Waals surface area contributed by atoms with E-state index in [1.807, 2.05) is 0 Å². The summed E-state index contributed by atoms with van der Waals surface area (Å²) in [5.41, 5.74) is -2.00. The molecule has 0 aromatic carbocycles. The Labute approximate surface area is 225 Å². The summed E-state index contributed by atoms with van der Waals surface area (Å²) >= 11 is 0. The highest BCUT2D eigenvalue weighted by Gasteiger charge is 2.47. The normalized spacial score (nSPS) is 34.2. The second-order valence-electron chi connectivity index (χ2n) is 9.75. The highest BCUT2D eigenvalue weighted by Crippen LogP contribution is 2.56. The average Bonchev–Trinajstić information content (AvgIpc) is 3.42. The molecule has 5 heterocycles. The van der Waals surface area contributed by atoms with Gasteiger partial charge in [0.15, 0.2) is 0 Å². The number of nitrogens with one attached hydrogen (secondary N) is 2. The lowest BCUT2D eigenvalue weighted by Crippen LogP contribution is -2.36. The number of hydrogen-bond acceptors (Lipinski definition) is 12. The summed E-state index contributed by atoms with van der Waals surface area (Å²) in [4.78, 5) is 52.4. The van der Waals surface area contributed by atoms with E-state index in [1.54, 1.807) is 0 Å². The molecule has 0 aliphatic carbocycles. The standard InChI is InChI=1S/C23H29N4O12P/c1-11-8-26(22(32)24-20(11)30)17-6-13(29)19(37-17)14-4-3-5-35-40(34,38-14)39-15-7-18(36-16(15)10-28)27-9-12(2)21(31)25-23(27)33/h3-4,8-9,13-19,28-29H,5-7,10H2,1-2H3,(H,24,30,32)(H,25,31,33)/t13-,14?,15-,16+,17+,18+,19-,40?/m0/s1. The molecular formula is C23H29N4O12P. The van der Waals surface area contributed by atoms with Crippen LogP contribution in [0.4, 0.5) is 0 Å². The number of hydrogen-bond donors (Lipinski definition) is 4. The number of rotatable bonds is 6. The van der Waals surface area contributed by atoms with Gasteiger partial charge in [0.25, 0.3) is 11.1 Å². The van der Waals surface area contributed by atoms with Crippen molar-refractivity contribution in [2.75, 3.05) is 13.2 Å². The van der Waals surface area contributed by atoms with Crippen molar-refractivity contribution in [2.24, 2.45) is 0 Å². The maximum absolute atomic E-state index is 13.6. The van der Waals surface area contributed by atoms with Crippen LogP contribution in [0.3, 0.4) is 0 Å². The lowest BCUT2D eigenvalue weighted by atomic mass is 10.1. The van der Waals surface area contributed by atoms with E-state index in [9.17, 15) is 34.0 Å². The molecular weight excluding hydrogens is 555 g/mol. The third kappa shape index (κ3) is 5.62. The molecule has 2 aromatic heterocycles. The molecule has 0 amide bonds. The minimum absolute atomic E-state index is 0.0200. The Morgan fingerprint density at radius 3 is 2.20 bits per heavy atom. The van der Waals surface area contributed by atoms with Crippen molar-refractivity contribution in [1.29, 1.82) is 0 Å². The van der Waals surface area contributed by atoms with Gasteiger partial charge in [-0.1, -0.05) is 12.2 Å². The van der Waals surface area contributed by atoms with Crippen molar-refractivity contribution in [1.82, 2.24) is 19.1 Å². The quantitative estimate of drug-likeness (QED) is 0.240. The monoisotopic (exact) mass is 584 g/mol. The third-order valence-corrected chi connectivity index (χ3v) is 8.40. The van der Waals surface area contributed by atoms with Crippen LogP contribution in [0.5, 0.6) is 0 Å². The highest BCUT2D eigenvalue weighted by molar-refractivity contribution is 7.48. The van der Waals surface area contributed by atoms with Crippen LogP contribution in [-0.2, 0) is 27.6 Å². The lowest BCUT2D eigenvalue weighted by molar-refractivity contribution is -0.0748. The van der Waals surface area contributed by atoms with Crippen molar-refractivity contribution in [2.45, 2.75) is 69.7 Å². The fourth-order valence-corrected chi connectivity index (χ4v) is 6.30. The number of aliphatic hydroxyl groups is 2. The van der Waals surface area contributed by atoms with Gasteiger partial charge in [-0.2, -0.15) is 0 Å². The van der Waals surface area contributed by atoms with Gasteiger partial charge >= 0.3 is 19.2 Å². The Morgan fingerprint density at radius 1 is 1.00 bits per heavy atom. The van der Waals surface area contributed by atoms with Crippen molar-refractivity contribution in [3.8, 4) is 0 Å². The molecule has 0 spiro atoms. The molecule has 3 aliphatic heterocycles. The summed E-state index contributed by atoms with van der Waals surface area (Å²) in [7, 11) is -4.36. The maximum atomic E-state index is 13.6. The minimum Gasteiger partial charge on any atom is -0.394 e. The van der Waals surface area contributed by atoms with E-state index in [1.165, 1.54) is 38.4 Å². The number of nitrogens with zero attached hydrogens (tertiary/aromatic N) is 2. The second kappa shape index (κ2) is 11.1. The molecule has 0 radical (unpaired) electrons. The molecule has 17 heteroatoms. The molecule has 2 aromatic rings. The van der Waals surface area contributed by atoms with Crippen LogP contribution in [0.25, 0.3) is 0 Å². The largest absolute Gasteiger partial charge is 0.476 e. The van der Waals surface area contributed by atoms with Crippen molar-refractivity contribution in [3.63, 3.8) is 0 Å². The maximum Gasteiger partial charge on any atom is 0.476 e. The molecule has 40 heavy (non-hydrogen) atoms. The molecule has 2 unspecified atom stereocenters. The molecule has 2 fully saturated rings. The molecule has 2 saturated heterocycles. The number of aromatic amines is 2. The molecule has 3 aliphatic rings. The van der Waals surface area contributed by atoms with Gasteiger partial charge in [0.2, 0.25) is 0 Å². The number of ether oxygens (including phenoxy) is 2. The lowest BCUT2D eigenvalue weighted by Gasteiger charge is -2.27. The van der Waals surface area contributed by atoms with Crippen molar-refractivity contribution >= 4 is 7.82 Å². The number of H-pyrrole nitrogens is 2. The van der Waals surface area contributed by atoms with E-state index in [0.29, 0.717) is 0 Å². The number of aryl methyl sites for hydroxylation is 2. The first kappa shape index (κ1) is 28.6. The van der Waals surface area contributed by atoms with Crippen LogP contribution in [0, 0.1) is 13.8 Å². The molecule has 0 bridgehead atoms. The van der Waals surface area contributed by atoms with Crippen LogP contribution < -0.4 is 22.5 Å². The van der Waals surface area contributed by atoms with E-state index >= 15 is 0 Å². The Hall–Kier alpha value is -2.95. The van der Waals surface area contributed by atoms with Crippen LogP contribution in [0.15, 0.2) is 43.7 Å². The second-order valence-corrected chi connectivity index (χ2v) is 11.3. The van der Waals surface area contributed by atoms with Crippen LogP contribution >= 0.6 is 7.82 Å². The molecule has 218 valence electrons. The first-order chi connectivity index (χ1) is 19.0. The zero-order chi connectivity index (χ0) is 28.8. The summed E-state index contributed by atoms with van der Waals surface area (Å²) in [6.45, 7) is 2.32. The van der Waals surface area contributed by atoms with Crippen LogP contribution in [-0.4, -0.2) is 73.0 Å². The fourth-order valence-electron chi connectivity index (χ4n) is 4.82. The van der Waals surface area contributed by atoms with Gasteiger partial charge in [-0.05, 0) is 13.8 Å². The van der Waals surface area contributed by atoms with Gasteiger partial charge in [-0.15, -0.1) is 0 Å². The summed E-state index contributed by atoms with van der Waals surface area (Å²) < 4.78 is 44.4. The predicted octanol–water partition coefficient (Wildman–Crippen LogP) is -0.903. The molecule has 8 atom stereocenters. The minimum atomic E-state index is -4.36. The molecule has 0 saturated carbocycles. The molecule has 5 rings (SSSR count). The van der Waals surface area contributed by atoms with Crippen LogP contribution in [0.1, 0.15) is 36.4 Å². The number of aromatic nitrogens is 4. The van der Waals surface area contributed by atoms with E-state index in [2.05, 4.69) is 9.97 Å².